The molecule has 0 unspecified atom stereocenters. The molecule has 0 aliphatic carbocycles. The molecule has 0 aliphatic heterocycles. The predicted molar refractivity (Wildman–Crippen MR) is 61.8 cm³/mol. The van der Waals surface area contributed by atoms with E-state index in [0.717, 1.165) is 16.0 Å². The molecule has 17 heavy (non-hydrogen) atoms. The van der Waals surface area contributed by atoms with E-state index < -0.39 is 11.9 Å². The first-order valence-electron chi connectivity index (χ1n) is 5.07. The van der Waals surface area contributed by atoms with Crippen LogP contribution in [-0.4, -0.2) is 36.0 Å². The molecule has 0 aliphatic rings. The van der Waals surface area contributed by atoms with Crippen molar-refractivity contribution >= 4 is 11.9 Å². The van der Waals surface area contributed by atoms with Crippen LogP contribution in [0.25, 0.3) is 0 Å². The Kier molecular flexibility index (Phi) is 4.09. The fourth-order valence-corrected chi connectivity index (χ4v) is 1.52. The van der Waals surface area contributed by atoms with Crippen molar-refractivity contribution in [3.63, 3.8) is 0 Å². The zero-order valence-corrected chi connectivity index (χ0v) is 10.1. The van der Waals surface area contributed by atoms with Gasteiger partial charge in [0.1, 0.15) is 5.75 Å². The van der Waals surface area contributed by atoms with Gasteiger partial charge >= 0.3 is 11.9 Å². The Bertz CT molecular complexity index is 442. The molecule has 0 radical (unpaired) electrons. The summed E-state index contributed by atoms with van der Waals surface area (Å²) in [6, 6.07) is 5.55. The molecule has 0 aromatic heterocycles. The number of carbonyl (C=O) groups excluding carboxylic acids is 1. The molecule has 5 nitrogen and oxygen atoms in total. The first kappa shape index (κ1) is 13.0. The number of aliphatic carboxylic acids is 1. The van der Waals surface area contributed by atoms with Gasteiger partial charge in [0, 0.05) is 19.2 Å². The van der Waals surface area contributed by atoms with E-state index in [1.165, 1.54) is 14.2 Å². The van der Waals surface area contributed by atoms with Crippen LogP contribution in [0.3, 0.4) is 0 Å². The monoisotopic (exact) mass is 237 g/mol. The highest BCUT2D eigenvalue weighted by molar-refractivity contribution is 6.31. The molecular formula is C12H15NO4. The van der Waals surface area contributed by atoms with E-state index in [0.29, 0.717) is 5.75 Å². The Hall–Kier alpha value is -2.04. The van der Waals surface area contributed by atoms with Gasteiger partial charge in [0.15, 0.2) is 0 Å². The molecule has 1 aromatic carbocycles. The van der Waals surface area contributed by atoms with Crippen LogP contribution < -0.4 is 4.74 Å². The van der Waals surface area contributed by atoms with Gasteiger partial charge in [-0.15, -0.1) is 0 Å². The Balaban J connectivity index is 2.90. The molecule has 0 spiro atoms. The number of benzene rings is 1. The minimum atomic E-state index is -1.46. The molecular weight excluding hydrogens is 222 g/mol. The summed E-state index contributed by atoms with van der Waals surface area (Å²) >= 11 is 0. The van der Waals surface area contributed by atoms with Gasteiger partial charge in [-0.25, -0.2) is 4.79 Å². The fraction of sp³-hybridized carbons (Fsp3) is 0.333. The summed E-state index contributed by atoms with van der Waals surface area (Å²) in [5.74, 6) is -1.76. The first-order chi connectivity index (χ1) is 7.95. The van der Waals surface area contributed by atoms with Crippen molar-refractivity contribution in [3.05, 3.63) is 29.3 Å². The summed E-state index contributed by atoms with van der Waals surface area (Å²) in [6.45, 7) is 2.12. The maximum atomic E-state index is 11.2. The number of amides is 1. The fourth-order valence-electron chi connectivity index (χ4n) is 1.52. The molecule has 1 N–H and O–H groups in total. The summed E-state index contributed by atoms with van der Waals surface area (Å²) in [7, 11) is 2.98. The van der Waals surface area contributed by atoms with Crippen LogP contribution in [0.2, 0.25) is 0 Å². The number of rotatable bonds is 3. The van der Waals surface area contributed by atoms with E-state index >= 15 is 0 Å². The van der Waals surface area contributed by atoms with Crippen molar-refractivity contribution in [2.45, 2.75) is 13.5 Å². The number of carboxylic acid groups (broad SMARTS) is 1. The summed E-state index contributed by atoms with van der Waals surface area (Å²) in [4.78, 5) is 22.9. The van der Waals surface area contributed by atoms with Crippen molar-refractivity contribution in [2.24, 2.45) is 0 Å². The number of hydrogen-bond acceptors (Lipinski definition) is 3. The van der Waals surface area contributed by atoms with Crippen LogP contribution in [0, 0.1) is 6.92 Å². The van der Waals surface area contributed by atoms with E-state index in [4.69, 9.17) is 9.84 Å². The van der Waals surface area contributed by atoms with Gasteiger partial charge in [0.05, 0.1) is 7.11 Å². The third-order valence-corrected chi connectivity index (χ3v) is 2.37. The Labute approximate surface area is 99.6 Å². The Morgan fingerprint density at radius 3 is 2.59 bits per heavy atom. The smallest absolute Gasteiger partial charge is 0.394 e. The van der Waals surface area contributed by atoms with E-state index in [9.17, 15) is 9.59 Å². The van der Waals surface area contributed by atoms with Crippen LogP contribution in [-0.2, 0) is 16.1 Å². The largest absolute Gasteiger partial charge is 0.496 e. The second-order valence-corrected chi connectivity index (χ2v) is 3.78. The second-order valence-electron chi connectivity index (χ2n) is 3.78. The highest BCUT2D eigenvalue weighted by Gasteiger charge is 2.18. The van der Waals surface area contributed by atoms with E-state index in [1.807, 2.05) is 19.1 Å². The molecule has 0 fully saturated rings. The van der Waals surface area contributed by atoms with Gasteiger partial charge in [-0.1, -0.05) is 17.7 Å². The summed E-state index contributed by atoms with van der Waals surface area (Å²) < 4.78 is 5.16. The number of ether oxygens (including phenoxy) is 1. The van der Waals surface area contributed by atoms with Crippen molar-refractivity contribution in [2.75, 3.05) is 14.2 Å². The highest BCUT2D eigenvalue weighted by Crippen LogP contribution is 2.20. The second kappa shape index (κ2) is 5.34. The zero-order chi connectivity index (χ0) is 13.0. The van der Waals surface area contributed by atoms with E-state index in [2.05, 4.69) is 0 Å². The minimum Gasteiger partial charge on any atom is -0.496 e. The zero-order valence-electron chi connectivity index (χ0n) is 10.1. The molecule has 1 rings (SSSR count). The lowest BCUT2D eigenvalue weighted by Gasteiger charge is -2.17. The summed E-state index contributed by atoms with van der Waals surface area (Å²) in [6.07, 6.45) is 0. The van der Waals surface area contributed by atoms with Gasteiger partial charge in [0.25, 0.3) is 0 Å². The van der Waals surface area contributed by atoms with Crippen LogP contribution >= 0.6 is 0 Å². The van der Waals surface area contributed by atoms with E-state index in [1.54, 1.807) is 6.07 Å². The number of aryl methyl sites for hydroxylation is 1. The molecule has 0 saturated carbocycles. The number of hydrogen-bond donors (Lipinski definition) is 1. The lowest BCUT2D eigenvalue weighted by Crippen LogP contribution is -2.32. The first-order valence-corrected chi connectivity index (χ1v) is 5.07. The van der Waals surface area contributed by atoms with Gasteiger partial charge in [-0.2, -0.15) is 0 Å². The summed E-state index contributed by atoms with van der Waals surface area (Å²) in [5.41, 5.74) is 1.81. The molecule has 0 saturated heterocycles. The number of nitrogens with zero attached hydrogens (tertiary/aromatic N) is 1. The Morgan fingerprint density at radius 1 is 1.41 bits per heavy atom. The average Bonchev–Trinajstić information content (AvgIpc) is 2.28. The normalized spacial score (nSPS) is 9.82. The van der Waals surface area contributed by atoms with Crippen molar-refractivity contribution in [3.8, 4) is 5.75 Å². The average molecular weight is 237 g/mol. The van der Waals surface area contributed by atoms with Crippen molar-refractivity contribution in [1.29, 1.82) is 0 Å². The highest BCUT2D eigenvalue weighted by atomic mass is 16.5. The standard InChI is InChI=1S/C12H15NO4/c1-8-4-5-10(17-3)9(6-8)7-13(2)11(14)12(15)16/h4-6H,7H2,1-3H3,(H,15,16). The minimum absolute atomic E-state index is 0.204. The molecule has 0 heterocycles. The van der Waals surface area contributed by atoms with Crippen LogP contribution in [0.4, 0.5) is 0 Å². The topological polar surface area (TPSA) is 66.8 Å². The van der Waals surface area contributed by atoms with Crippen LogP contribution in [0.5, 0.6) is 5.75 Å². The maximum Gasteiger partial charge on any atom is 0.394 e. The van der Waals surface area contributed by atoms with Gasteiger partial charge < -0.3 is 14.7 Å². The predicted octanol–water partition coefficient (Wildman–Crippen LogP) is 1.05. The molecule has 1 amide bonds. The number of carbonyl (C=O) groups is 2. The quantitative estimate of drug-likeness (QED) is 0.798. The molecule has 0 atom stereocenters. The molecule has 0 bridgehead atoms. The van der Waals surface area contributed by atoms with Crippen LogP contribution in [0.15, 0.2) is 18.2 Å². The Morgan fingerprint density at radius 2 is 2.06 bits per heavy atom. The molecule has 5 heteroatoms. The third-order valence-electron chi connectivity index (χ3n) is 2.37. The number of carboxylic acids is 1. The summed E-state index contributed by atoms with van der Waals surface area (Å²) in [5, 5.41) is 8.59. The van der Waals surface area contributed by atoms with Gasteiger partial charge in [0.2, 0.25) is 0 Å². The van der Waals surface area contributed by atoms with Gasteiger partial charge in [-0.3, -0.25) is 4.79 Å². The third kappa shape index (κ3) is 3.21. The number of methoxy groups -OCH3 is 1. The number of likely N-dealkylation sites (N-methyl/N-ethyl adjacent to an activating group) is 1. The van der Waals surface area contributed by atoms with Crippen LogP contribution in [0.1, 0.15) is 11.1 Å². The lowest BCUT2D eigenvalue weighted by atomic mass is 10.1. The van der Waals surface area contributed by atoms with E-state index in [-0.39, 0.29) is 6.54 Å². The van der Waals surface area contributed by atoms with Gasteiger partial charge in [-0.05, 0) is 13.0 Å². The lowest BCUT2D eigenvalue weighted by molar-refractivity contribution is -0.155. The SMILES string of the molecule is COc1ccc(C)cc1CN(C)C(=O)C(=O)O. The van der Waals surface area contributed by atoms with Crippen molar-refractivity contribution in [1.82, 2.24) is 4.90 Å². The molecule has 92 valence electrons. The maximum absolute atomic E-state index is 11.2. The van der Waals surface area contributed by atoms with Crippen molar-refractivity contribution < 1.29 is 19.4 Å². The molecule has 1 aromatic rings.